The Morgan fingerprint density at radius 3 is 2.62 bits per heavy atom. The number of anilines is 2. The summed E-state index contributed by atoms with van der Waals surface area (Å²) in [5.41, 5.74) is 2.06. The fourth-order valence-corrected chi connectivity index (χ4v) is 4.89. The molecule has 0 radical (unpaired) electrons. The lowest BCUT2D eigenvalue weighted by atomic mass is 9.98. The van der Waals surface area contributed by atoms with Gasteiger partial charge in [0.1, 0.15) is 0 Å². The van der Waals surface area contributed by atoms with Gasteiger partial charge in [0.15, 0.2) is 11.5 Å². The molecule has 0 spiro atoms. The lowest BCUT2D eigenvalue weighted by Gasteiger charge is -2.20. The molecule has 1 saturated carbocycles. The summed E-state index contributed by atoms with van der Waals surface area (Å²) in [5.74, 6) is 1.42. The molecule has 7 nitrogen and oxygen atoms in total. The second kappa shape index (κ2) is 9.24. The number of methoxy groups -OCH3 is 1. The first-order valence-electron chi connectivity index (χ1n) is 10.8. The normalized spacial score (nSPS) is 19.2. The topological polar surface area (TPSA) is 84.9 Å². The minimum atomic E-state index is -3.62. The van der Waals surface area contributed by atoms with Gasteiger partial charge in [0.25, 0.3) is 10.0 Å². The van der Waals surface area contributed by atoms with Crippen molar-refractivity contribution in [1.82, 2.24) is 0 Å². The van der Waals surface area contributed by atoms with Crippen LogP contribution in [0, 0.1) is 0 Å². The summed E-state index contributed by atoms with van der Waals surface area (Å²) in [5, 5.41) is 0.853. The first-order chi connectivity index (χ1) is 15.4. The molecule has 170 valence electrons. The number of amides is 1. The molecule has 2 aromatic carbocycles. The number of sulfonamides is 1. The van der Waals surface area contributed by atoms with Gasteiger partial charge >= 0.3 is 0 Å². The van der Waals surface area contributed by atoms with Crippen LogP contribution in [0.4, 0.5) is 11.4 Å². The largest absolute Gasteiger partial charge is 0.493 e. The number of hydrogen-bond donors (Lipinski definition) is 1. The number of hydrogen-bond acceptors (Lipinski definition) is 5. The van der Waals surface area contributed by atoms with Crippen molar-refractivity contribution in [1.29, 1.82) is 0 Å². The summed E-state index contributed by atoms with van der Waals surface area (Å²) < 4.78 is 37.7. The molecule has 0 bridgehead atoms. The van der Waals surface area contributed by atoms with Crippen LogP contribution < -0.4 is 19.1 Å². The molecule has 4 rings (SSSR count). The Labute approximate surface area is 189 Å². The maximum absolute atomic E-state index is 12.8. The third-order valence-corrected chi connectivity index (χ3v) is 6.98. The van der Waals surface area contributed by atoms with E-state index in [1.165, 1.54) is 12.8 Å². The Kier molecular flexibility index (Phi) is 6.41. The van der Waals surface area contributed by atoms with E-state index in [0.29, 0.717) is 30.1 Å². The first-order valence-corrected chi connectivity index (χ1v) is 12.3. The van der Waals surface area contributed by atoms with Crippen molar-refractivity contribution in [2.45, 2.75) is 44.1 Å². The van der Waals surface area contributed by atoms with Crippen molar-refractivity contribution in [3.63, 3.8) is 0 Å². The Bertz CT molecular complexity index is 1110. The molecular formula is C24H28N2O5S. The Balaban J connectivity index is 1.53. The lowest BCUT2D eigenvalue weighted by Crippen LogP contribution is -2.24. The van der Waals surface area contributed by atoms with Gasteiger partial charge < -0.3 is 14.4 Å². The van der Waals surface area contributed by atoms with Crippen molar-refractivity contribution >= 4 is 27.3 Å². The second-order valence-electron chi connectivity index (χ2n) is 8.20. The molecule has 1 N–H and O–H groups in total. The standard InChI is InChI=1S/C24H28N2O5S/c1-3-32(28,29)25-19-7-6-8-20(15-19)26-16-18(14-24(26)27)17-11-12-22(30-2)23(13-17)31-21-9-4-5-10-21/h3,6-8,11-13,15,18,21,25H,1,4-5,9-10,14,16H2,2H3. The Morgan fingerprint density at radius 2 is 1.91 bits per heavy atom. The first kappa shape index (κ1) is 22.2. The van der Waals surface area contributed by atoms with Crippen molar-refractivity contribution < 1.29 is 22.7 Å². The van der Waals surface area contributed by atoms with E-state index in [1.807, 2.05) is 18.2 Å². The fourth-order valence-electron chi connectivity index (χ4n) is 4.35. The van der Waals surface area contributed by atoms with E-state index in [4.69, 9.17) is 9.47 Å². The lowest BCUT2D eigenvalue weighted by molar-refractivity contribution is -0.117. The maximum atomic E-state index is 12.8. The SMILES string of the molecule is C=CS(=O)(=O)Nc1cccc(N2CC(c3ccc(OC)c(OC4CCCC4)c3)CC2=O)c1. The number of ether oxygens (including phenoxy) is 2. The van der Waals surface area contributed by atoms with E-state index >= 15 is 0 Å². The highest BCUT2D eigenvalue weighted by Gasteiger charge is 2.32. The van der Waals surface area contributed by atoms with Gasteiger partial charge in [0, 0.05) is 30.0 Å². The zero-order chi connectivity index (χ0) is 22.7. The van der Waals surface area contributed by atoms with Crippen LogP contribution in [0.15, 0.2) is 54.5 Å². The predicted molar refractivity (Wildman–Crippen MR) is 125 cm³/mol. The quantitative estimate of drug-likeness (QED) is 0.636. The van der Waals surface area contributed by atoms with Crippen LogP contribution in [0.3, 0.4) is 0 Å². The number of rotatable bonds is 8. The van der Waals surface area contributed by atoms with Crippen LogP contribution in [0.5, 0.6) is 11.5 Å². The molecule has 1 unspecified atom stereocenters. The van der Waals surface area contributed by atoms with Gasteiger partial charge in [-0.2, -0.15) is 0 Å². The molecule has 1 atom stereocenters. The smallest absolute Gasteiger partial charge is 0.254 e. The molecule has 1 aliphatic carbocycles. The van der Waals surface area contributed by atoms with Gasteiger partial charge in [-0.25, -0.2) is 8.42 Å². The van der Waals surface area contributed by atoms with Crippen LogP contribution in [0.2, 0.25) is 0 Å². The molecule has 2 aromatic rings. The van der Waals surface area contributed by atoms with E-state index in [1.54, 1.807) is 36.3 Å². The number of carbonyl (C=O) groups is 1. The van der Waals surface area contributed by atoms with Crippen LogP contribution in [-0.2, 0) is 14.8 Å². The summed E-state index contributed by atoms with van der Waals surface area (Å²) in [6, 6.07) is 12.7. The highest BCUT2D eigenvalue weighted by molar-refractivity contribution is 7.95. The summed E-state index contributed by atoms with van der Waals surface area (Å²) >= 11 is 0. The Hall–Kier alpha value is -3.00. The van der Waals surface area contributed by atoms with Gasteiger partial charge in [0.2, 0.25) is 5.91 Å². The molecule has 1 amide bonds. The summed E-state index contributed by atoms with van der Waals surface area (Å²) in [4.78, 5) is 14.5. The second-order valence-corrected chi connectivity index (χ2v) is 9.83. The zero-order valence-electron chi connectivity index (χ0n) is 18.1. The van der Waals surface area contributed by atoms with Gasteiger partial charge in [-0.05, 0) is 61.6 Å². The molecular weight excluding hydrogens is 428 g/mol. The average Bonchev–Trinajstić information content (AvgIpc) is 3.43. The summed E-state index contributed by atoms with van der Waals surface area (Å²) in [6.45, 7) is 3.81. The van der Waals surface area contributed by atoms with Crippen molar-refractivity contribution in [2.75, 3.05) is 23.3 Å². The molecule has 1 heterocycles. The third kappa shape index (κ3) is 4.91. The van der Waals surface area contributed by atoms with E-state index in [0.717, 1.165) is 29.6 Å². The predicted octanol–water partition coefficient (Wildman–Crippen LogP) is 4.42. The van der Waals surface area contributed by atoms with Crippen LogP contribution >= 0.6 is 0 Å². The van der Waals surface area contributed by atoms with Crippen LogP contribution in [0.25, 0.3) is 0 Å². The zero-order valence-corrected chi connectivity index (χ0v) is 18.9. The monoisotopic (exact) mass is 456 g/mol. The van der Waals surface area contributed by atoms with E-state index in [-0.39, 0.29) is 17.9 Å². The van der Waals surface area contributed by atoms with E-state index < -0.39 is 10.0 Å². The number of nitrogens with zero attached hydrogens (tertiary/aromatic N) is 1. The van der Waals surface area contributed by atoms with Crippen LogP contribution in [0.1, 0.15) is 43.6 Å². The molecule has 8 heteroatoms. The molecule has 2 fully saturated rings. The fraction of sp³-hybridized carbons (Fsp3) is 0.375. The van der Waals surface area contributed by atoms with Gasteiger partial charge in [-0.3, -0.25) is 9.52 Å². The third-order valence-electron chi connectivity index (χ3n) is 6.02. The molecule has 0 aromatic heterocycles. The molecule has 1 saturated heterocycles. The van der Waals surface area contributed by atoms with Crippen molar-refractivity contribution in [2.24, 2.45) is 0 Å². The molecule has 32 heavy (non-hydrogen) atoms. The number of nitrogens with one attached hydrogen (secondary N) is 1. The number of carbonyl (C=O) groups excluding carboxylic acids is 1. The minimum absolute atomic E-state index is 0.00666. The molecule has 2 aliphatic rings. The maximum Gasteiger partial charge on any atom is 0.254 e. The summed E-state index contributed by atoms with van der Waals surface area (Å²) in [6.07, 6.45) is 5.05. The van der Waals surface area contributed by atoms with Gasteiger partial charge in [0.05, 0.1) is 18.9 Å². The van der Waals surface area contributed by atoms with E-state index in [2.05, 4.69) is 11.3 Å². The average molecular weight is 457 g/mol. The van der Waals surface area contributed by atoms with Crippen molar-refractivity contribution in [3.05, 3.63) is 60.0 Å². The van der Waals surface area contributed by atoms with Crippen LogP contribution in [-0.4, -0.2) is 34.1 Å². The van der Waals surface area contributed by atoms with Gasteiger partial charge in [-0.1, -0.05) is 18.7 Å². The van der Waals surface area contributed by atoms with E-state index in [9.17, 15) is 13.2 Å². The Morgan fingerprint density at radius 1 is 1.12 bits per heavy atom. The highest BCUT2D eigenvalue weighted by Crippen LogP contribution is 2.38. The summed E-state index contributed by atoms with van der Waals surface area (Å²) in [7, 11) is -1.99. The van der Waals surface area contributed by atoms with Crippen molar-refractivity contribution in [3.8, 4) is 11.5 Å². The van der Waals surface area contributed by atoms with Gasteiger partial charge in [-0.15, -0.1) is 0 Å². The minimum Gasteiger partial charge on any atom is -0.493 e. The molecule has 1 aliphatic heterocycles. The number of benzene rings is 2. The highest BCUT2D eigenvalue weighted by atomic mass is 32.2.